The molecule has 0 aromatic heterocycles. The summed E-state index contributed by atoms with van der Waals surface area (Å²) in [5, 5.41) is 27.8. The lowest BCUT2D eigenvalue weighted by Gasteiger charge is -2.06. The molecule has 0 bridgehead atoms. The van der Waals surface area contributed by atoms with Crippen LogP contribution < -0.4 is 0 Å². The highest BCUT2D eigenvalue weighted by Crippen LogP contribution is 2.32. The van der Waals surface area contributed by atoms with E-state index in [0.717, 1.165) is 12.8 Å². The van der Waals surface area contributed by atoms with Gasteiger partial charge in [-0.15, -0.1) is 0 Å². The number of benzene rings is 1. The summed E-state index contributed by atoms with van der Waals surface area (Å²) < 4.78 is 0. The summed E-state index contributed by atoms with van der Waals surface area (Å²) in [7, 11) is 0. The number of phenolic OH excluding ortho intramolecular Hbond substituents is 3. The quantitative estimate of drug-likeness (QED) is 0.671. The fourth-order valence-electron chi connectivity index (χ4n) is 1.24. The second-order valence-electron chi connectivity index (χ2n) is 3.07. The van der Waals surface area contributed by atoms with Crippen LogP contribution >= 0.6 is 0 Å². The van der Waals surface area contributed by atoms with Gasteiger partial charge in [0.25, 0.3) is 0 Å². The molecular formula is C10H14O3. The zero-order valence-corrected chi connectivity index (χ0v) is 7.62. The average molecular weight is 182 g/mol. The molecule has 0 atom stereocenters. The topological polar surface area (TPSA) is 60.7 Å². The van der Waals surface area contributed by atoms with Gasteiger partial charge in [-0.3, -0.25) is 0 Å². The van der Waals surface area contributed by atoms with Gasteiger partial charge in [0.2, 0.25) is 0 Å². The Morgan fingerprint density at radius 3 is 2.08 bits per heavy atom. The monoisotopic (exact) mass is 182 g/mol. The molecule has 0 fully saturated rings. The molecule has 3 nitrogen and oxygen atoms in total. The van der Waals surface area contributed by atoms with Crippen molar-refractivity contribution in [3.8, 4) is 17.2 Å². The molecule has 0 amide bonds. The van der Waals surface area contributed by atoms with Crippen LogP contribution in [0.2, 0.25) is 0 Å². The van der Waals surface area contributed by atoms with E-state index < -0.39 is 0 Å². The van der Waals surface area contributed by atoms with Gasteiger partial charge in [0.05, 0.1) is 0 Å². The van der Waals surface area contributed by atoms with Crippen LogP contribution in [0.5, 0.6) is 17.2 Å². The van der Waals surface area contributed by atoms with Gasteiger partial charge in [0, 0.05) is 17.7 Å². The summed E-state index contributed by atoms with van der Waals surface area (Å²) >= 11 is 0. The van der Waals surface area contributed by atoms with E-state index in [0.29, 0.717) is 12.0 Å². The molecule has 3 N–H and O–H groups in total. The first-order valence-corrected chi connectivity index (χ1v) is 4.39. The van der Waals surface area contributed by atoms with Gasteiger partial charge in [-0.25, -0.2) is 0 Å². The maximum atomic E-state index is 9.38. The van der Waals surface area contributed by atoms with Gasteiger partial charge in [0.15, 0.2) is 0 Å². The van der Waals surface area contributed by atoms with E-state index >= 15 is 0 Å². The largest absolute Gasteiger partial charge is 0.508 e. The Morgan fingerprint density at radius 2 is 1.62 bits per heavy atom. The maximum absolute atomic E-state index is 9.38. The number of hydrogen-bond donors (Lipinski definition) is 3. The van der Waals surface area contributed by atoms with Crippen molar-refractivity contribution in [2.75, 3.05) is 0 Å². The van der Waals surface area contributed by atoms with Crippen LogP contribution in [-0.4, -0.2) is 15.3 Å². The van der Waals surface area contributed by atoms with E-state index in [2.05, 4.69) is 0 Å². The van der Waals surface area contributed by atoms with E-state index in [1.165, 1.54) is 12.1 Å². The molecule has 3 heteroatoms. The van der Waals surface area contributed by atoms with Crippen molar-refractivity contribution in [2.24, 2.45) is 0 Å². The molecule has 0 saturated carbocycles. The van der Waals surface area contributed by atoms with E-state index in [4.69, 9.17) is 5.11 Å². The molecule has 0 heterocycles. The van der Waals surface area contributed by atoms with Crippen LogP contribution in [0.25, 0.3) is 0 Å². The minimum Gasteiger partial charge on any atom is -0.508 e. The van der Waals surface area contributed by atoms with Gasteiger partial charge in [-0.05, 0) is 12.8 Å². The highest BCUT2D eigenvalue weighted by molar-refractivity contribution is 5.48. The van der Waals surface area contributed by atoms with Crippen LogP contribution in [0, 0.1) is 0 Å². The van der Waals surface area contributed by atoms with Gasteiger partial charge in [0.1, 0.15) is 17.2 Å². The Hall–Kier alpha value is -1.38. The van der Waals surface area contributed by atoms with Crippen molar-refractivity contribution >= 4 is 0 Å². The highest BCUT2D eigenvalue weighted by atomic mass is 16.3. The van der Waals surface area contributed by atoms with Crippen LogP contribution in [0.4, 0.5) is 0 Å². The highest BCUT2D eigenvalue weighted by Gasteiger charge is 2.08. The van der Waals surface area contributed by atoms with Crippen LogP contribution in [0.15, 0.2) is 12.1 Å². The Bertz CT molecular complexity index is 271. The van der Waals surface area contributed by atoms with Crippen LogP contribution in [0.1, 0.15) is 25.3 Å². The van der Waals surface area contributed by atoms with Crippen molar-refractivity contribution in [1.82, 2.24) is 0 Å². The summed E-state index contributed by atoms with van der Waals surface area (Å²) in [5.41, 5.74) is 0.514. The lowest BCUT2D eigenvalue weighted by atomic mass is 10.1. The molecule has 13 heavy (non-hydrogen) atoms. The first kappa shape index (κ1) is 9.71. The number of hydrogen-bond acceptors (Lipinski definition) is 3. The fourth-order valence-corrected chi connectivity index (χ4v) is 1.24. The Morgan fingerprint density at radius 1 is 1.08 bits per heavy atom. The third-order valence-electron chi connectivity index (χ3n) is 1.97. The number of rotatable bonds is 3. The Kier molecular flexibility index (Phi) is 3.01. The summed E-state index contributed by atoms with van der Waals surface area (Å²) in [4.78, 5) is 0. The summed E-state index contributed by atoms with van der Waals surface area (Å²) in [6.07, 6.45) is 2.54. The van der Waals surface area contributed by atoms with Gasteiger partial charge >= 0.3 is 0 Å². The van der Waals surface area contributed by atoms with E-state index in [1.54, 1.807) is 0 Å². The molecular weight excluding hydrogens is 168 g/mol. The van der Waals surface area contributed by atoms with Crippen LogP contribution in [0.3, 0.4) is 0 Å². The average Bonchev–Trinajstić information content (AvgIpc) is 2.02. The fraction of sp³-hybridized carbons (Fsp3) is 0.400. The minimum atomic E-state index is -0.116. The first-order chi connectivity index (χ1) is 6.15. The van der Waals surface area contributed by atoms with Gasteiger partial charge in [-0.2, -0.15) is 0 Å². The molecule has 0 aliphatic rings. The third kappa shape index (κ3) is 2.28. The number of aromatic hydroxyl groups is 3. The molecule has 0 unspecified atom stereocenters. The molecule has 1 aromatic rings. The molecule has 1 rings (SSSR count). The summed E-state index contributed by atoms with van der Waals surface area (Å²) in [6, 6.07) is 2.48. The minimum absolute atomic E-state index is 0.0362. The van der Waals surface area contributed by atoms with Crippen molar-refractivity contribution < 1.29 is 15.3 Å². The third-order valence-corrected chi connectivity index (χ3v) is 1.97. The molecule has 0 aliphatic carbocycles. The van der Waals surface area contributed by atoms with Crippen LogP contribution in [-0.2, 0) is 6.42 Å². The van der Waals surface area contributed by atoms with E-state index in [1.807, 2.05) is 6.92 Å². The number of unbranched alkanes of at least 4 members (excludes halogenated alkanes) is 1. The summed E-state index contributed by atoms with van der Waals surface area (Å²) in [6.45, 7) is 2.04. The number of phenols is 3. The second-order valence-corrected chi connectivity index (χ2v) is 3.07. The summed E-state index contributed by atoms with van der Waals surface area (Å²) in [5.74, 6) is -0.188. The zero-order chi connectivity index (χ0) is 9.84. The second kappa shape index (κ2) is 4.03. The molecule has 72 valence electrons. The molecule has 0 aliphatic heterocycles. The van der Waals surface area contributed by atoms with Crippen molar-refractivity contribution in [3.63, 3.8) is 0 Å². The smallest absolute Gasteiger partial charge is 0.126 e. The molecule has 0 radical (unpaired) electrons. The predicted octanol–water partition coefficient (Wildman–Crippen LogP) is 2.15. The lowest BCUT2D eigenvalue weighted by Crippen LogP contribution is -1.86. The first-order valence-electron chi connectivity index (χ1n) is 4.39. The maximum Gasteiger partial charge on any atom is 0.126 e. The van der Waals surface area contributed by atoms with Crippen molar-refractivity contribution in [2.45, 2.75) is 26.2 Å². The molecule has 1 aromatic carbocycles. The van der Waals surface area contributed by atoms with Crippen molar-refractivity contribution in [3.05, 3.63) is 17.7 Å². The molecule has 0 spiro atoms. The Balaban J connectivity index is 2.92. The van der Waals surface area contributed by atoms with Gasteiger partial charge < -0.3 is 15.3 Å². The Labute approximate surface area is 77.3 Å². The standard InChI is InChI=1S/C10H14O3/c1-2-3-4-8-9(12)5-7(11)6-10(8)13/h5-6,11-13H,2-4H2,1H3. The van der Waals surface area contributed by atoms with E-state index in [9.17, 15) is 10.2 Å². The van der Waals surface area contributed by atoms with Gasteiger partial charge in [-0.1, -0.05) is 13.3 Å². The van der Waals surface area contributed by atoms with E-state index in [-0.39, 0.29) is 17.2 Å². The zero-order valence-electron chi connectivity index (χ0n) is 7.62. The normalized spacial score (nSPS) is 10.2. The SMILES string of the molecule is CCCCc1c(O)cc(O)cc1O. The predicted molar refractivity (Wildman–Crippen MR) is 50.0 cm³/mol. The molecule has 0 saturated heterocycles. The van der Waals surface area contributed by atoms with Crippen molar-refractivity contribution in [1.29, 1.82) is 0 Å². The lowest BCUT2D eigenvalue weighted by molar-refractivity contribution is 0.418.